The molecule has 0 aliphatic heterocycles. The number of unbranched alkanes of at least 4 members (excludes halogenated alkanes) is 3. The van der Waals surface area contributed by atoms with Crippen LogP contribution < -0.4 is 5.32 Å². The van der Waals surface area contributed by atoms with Crippen molar-refractivity contribution in [1.82, 2.24) is 0 Å². The Morgan fingerprint density at radius 3 is 1.66 bits per heavy atom. The van der Waals surface area contributed by atoms with E-state index in [1.54, 1.807) is 0 Å². The van der Waals surface area contributed by atoms with E-state index in [1.807, 2.05) is 0 Å². The van der Waals surface area contributed by atoms with Crippen molar-refractivity contribution in [2.75, 3.05) is 23.8 Å². The summed E-state index contributed by atoms with van der Waals surface area (Å²) in [5.41, 5.74) is 4.94. The third-order valence-corrected chi connectivity index (χ3v) is 12.7. The van der Waals surface area contributed by atoms with Gasteiger partial charge in [-0.1, -0.05) is 0 Å². The molecule has 168 valence electrons. The van der Waals surface area contributed by atoms with Crippen LogP contribution in [0.15, 0.2) is 12.1 Å². The van der Waals surface area contributed by atoms with E-state index >= 15 is 0 Å². The van der Waals surface area contributed by atoms with Gasteiger partial charge in [-0.05, 0) is 0 Å². The summed E-state index contributed by atoms with van der Waals surface area (Å²) in [5.74, 6) is 0.317. The molecule has 2 nitrogen and oxygen atoms in total. The molecule has 0 heterocycles. The third kappa shape index (κ3) is 7.71. The zero-order valence-electron chi connectivity index (χ0n) is 20.4. The Bertz CT molecular complexity index is 580. The van der Waals surface area contributed by atoms with E-state index in [-0.39, 0.29) is 5.66 Å². The van der Waals surface area contributed by atoms with Gasteiger partial charge >= 0.3 is 182 Å². The molecule has 0 aliphatic rings. The second kappa shape index (κ2) is 13.4. The monoisotopic (exact) mass is 421 g/mol. The quantitative estimate of drug-likeness (QED) is 0.304. The third-order valence-electron chi connectivity index (χ3n) is 6.64. The van der Waals surface area contributed by atoms with E-state index in [0.29, 0.717) is 5.91 Å². The fourth-order valence-electron chi connectivity index (χ4n) is 5.08. The van der Waals surface area contributed by atoms with Crippen LogP contribution in [-0.4, -0.2) is 30.1 Å². The normalized spacial score (nSPS) is 13.3. The van der Waals surface area contributed by atoms with Gasteiger partial charge in [0.1, 0.15) is 0 Å². The Hall–Kier alpha value is -0.880. The predicted octanol–water partition coefficient (Wildman–Crippen LogP) is 7.87. The summed E-state index contributed by atoms with van der Waals surface area (Å²) in [4.78, 5) is 13.8. The number of carbonyl (C=O) groups is 1. The van der Waals surface area contributed by atoms with Crippen molar-refractivity contribution in [3.05, 3.63) is 28.8 Å². The Labute approximate surface area is 182 Å². The molecule has 1 rings (SSSR count). The minimum absolute atomic E-state index is 0.247. The first-order valence-corrected chi connectivity index (χ1v) is 14.9. The van der Waals surface area contributed by atoms with E-state index in [1.165, 1.54) is 73.7 Å². The standard InChI is InChI=1S/C26H48NOP/c1-8-12-16-29(17-13-9-2,18-14-10-3)24(15-11-4)26(28)27-25-22(6)19-21(5)20-23(25)7/h19-20,24,29H,8-18H2,1-7H3,(H,27,28). The molecule has 0 bridgehead atoms. The number of aryl methyl sites for hydroxylation is 3. The molecule has 1 aromatic carbocycles. The van der Waals surface area contributed by atoms with E-state index in [4.69, 9.17) is 0 Å². The van der Waals surface area contributed by atoms with E-state index < -0.39 is 7.26 Å². The second-order valence-corrected chi connectivity index (χ2v) is 14.2. The molecule has 1 unspecified atom stereocenters. The van der Waals surface area contributed by atoms with Gasteiger partial charge in [0.2, 0.25) is 0 Å². The Balaban J connectivity index is 3.27. The van der Waals surface area contributed by atoms with Crippen LogP contribution in [0.25, 0.3) is 0 Å². The van der Waals surface area contributed by atoms with Crippen LogP contribution in [0.3, 0.4) is 0 Å². The molecule has 0 saturated carbocycles. The number of rotatable bonds is 14. The number of benzene rings is 1. The van der Waals surface area contributed by atoms with Crippen molar-refractivity contribution in [3.63, 3.8) is 0 Å². The molecule has 29 heavy (non-hydrogen) atoms. The summed E-state index contributed by atoms with van der Waals surface area (Å²) in [6.45, 7) is 15.5. The van der Waals surface area contributed by atoms with Gasteiger partial charge in [0.15, 0.2) is 0 Å². The van der Waals surface area contributed by atoms with Crippen LogP contribution in [0.5, 0.6) is 0 Å². The summed E-state index contributed by atoms with van der Waals surface area (Å²) in [5, 5.41) is 3.42. The topological polar surface area (TPSA) is 29.1 Å². The Morgan fingerprint density at radius 2 is 1.28 bits per heavy atom. The average molecular weight is 422 g/mol. The van der Waals surface area contributed by atoms with Crippen LogP contribution in [-0.2, 0) is 4.79 Å². The van der Waals surface area contributed by atoms with Gasteiger partial charge in [0.25, 0.3) is 0 Å². The molecule has 0 spiro atoms. The van der Waals surface area contributed by atoms with Gasteiger partial charge in [-0.3, -0.25) is 0 Å². The molecular formula is C26H48NOP. The first-order chi connectivity index (χ1) is 13.8. The number of hydrogen-bond donors (Lipinski definition) is 1. The van der Waals surface area contributed by atoms with Gasteiger partial charge in [0.05, 0.1) is 0 Å². The van der Waals surface area contributed by atoms with Crippen molar-refractivity contribution >= 4 is 18.9 Å². The van der Waals surface area contributed by atoms with Gasteiger partial charge in [-0.25, -0.2) is 0 Å². The Kier molecular flexibility index (Phi) is 12.1. The van der Waals surface area contributed by atoms with Crippen LogP contribution in [0, 0.1) is 20.8 Å². The molecule has 1 N–H and O–H groups in total. The first-order valence-electron chi connectivity index (χ1n) is 12.2. The number of hydrogen-bond acceptors (Lipinski definition) is 1. The van der Waals surface area contributed by atoms with E-state index in [0.717, 1.165) is 18.5 Å². The number of anilines is 1. The van der Waals surface area contributed by atoms with Gasteiger partial charge in [0, 0.05) is 0 Å². The summed E-state index contributed by atoms with van der Waals surface area (Å²) >= 11 is 0. The Morgan fingerprint density at radius 1 is 0.828 bits per heavy atom. The molecule has 0 aromatic heterocycles. The molecule has 1 amide bonds. The van der Waals surface area contributed by atoms with Crippen molar-refractivity contribution in [3.8, 4) is 0 Å². The summed E-state index contributed by atoms with van der Waals surface area (Å²) in [6, 6.07) is 4.38. The molecule has 0 radical (unpaired) electrons. The molecule has 1 aromatic rings. The molecule has 0 aliphatic carbocycles. The van der Waals surface area contributed by atoms with E-state index in [9.17, 15) is 4.79 Å². The average Bonchev–Trinajstić information content (AvgIpc) is 2.68. The molecular weight excluding hydrogens is 373 g/mol. The van der Waals surface area contributed by atoms with Crippen LogP contribution in [0.2, 0.25) is 0 Å². The summed E-state index contributed by atoms with van der Waals surface area (Å²) in [7, 11) is -1.68. The van der Waals surface area contributed by atoms with Crippen molar-refractivity contribution in [1.29, 1.82) is 0 Å². The SMILES string of the molecule is CCCC[PH](CCCC)(CCCC)C(CCC)C(=O)Nc1c(C)cc(C)cc1C. The molecule has 0 fully saturated rings. The summed E-state index contributed by atoms with van der Waals surface area (Å²) < 4.78 is 0. The van der Waals surface area contributed by atoms with Crippen LogP contribution in [0.1, 0.15) is 95.8 Å². The fraction of sp³-hybridized carbons (Fsp3) is 0.731. The van der Waals surface area contributed by atoms with Gasteiger partial charge in [-0.15, -0.1) is 0 Å². The number of nitrogens with one attached hydrogen (secondary N) is 1. The zero-order chi connectivity index (χ0) is 21.9. The van der Waals surface area contributed by atoms with Crippen molar-refractivity contribution in [2.24, 2.45) is 0 Å². The summed E-state index contributed by atoms with van der Waals surface area (Å²) in [6.07, 6.45) is 13.7. The van der Waals surface area contributed by atoms with Crippen molar-refractivity contribution < 1.29 is 4.79 Å². The molecule has 1 atom stereocenters. The van der Waals surface area contributed by atoms with Gasteiger partial charge in [-0.2, -0.15) is 0 Å². The van der Waals surface area contributed by atoms with Crippen LogP contribution in [0.4, 0.5) is 5.69 Å². The predicted molar refractivity (Wildman–Crippen MR) is 136 cm³/mol. The van der Waals surface area contributed by atoms with Crippen molar-refractivity contribution in [2.45, 2.75) is 105 Å². The number of carbonyl (C=O) groups excluding carboxylic acids is 1. The minimum atomic E-state index is -1.68. The van der Waals surface area contributed by atoms with E-state index in [2.05, 4.69) is 65.9 Å². The van der Waals surface area contributed by atoms with Gasteiger partial charge < -0.3 is 0 Å². The first kappa shape index (κ1) is 26.2. The zero-order valence-corrected chi connectivity index (χ0v) is 21.4. The number of amides is 1. The maximum atomic E-state index is 13.8. The molecule has 0 saturated heterocycles. The van der Waals surface area contributed by atoms with Crippen LogP contribution >= 0.6 is 7.26 Å². The fourth-order valence-corrected chi connectivity index (χ4v) is 11.6. The maximum absolute atomic E-state index is 13.8. The second-order valence-electron chi connectivity index (χ2n) is 9.28. The molecule has 3 heteroatoms.